The van der Waals surface area contributed by atoms with Gasteiger partial charge in [-0.15, -0.1) is 0 Å². The van der Waals surface area contributed by atoms with Gasteiger partial charge in [0.15, 0.2) is 0 Å². The number of carbonyl (C=O) groups is 1. The predicted octanol–water partition coefficient (Wildman–Crippen LogP) is 4.05. The number of aryl methyl sites for hydroxylation is 1. The zero-order chi connectivity index (χ0) is 15.2. The summed E-state index contributed by atoms with van der Waals surface area (Å²) in [6, 6.07) is 6.94. The van der Waals surface area contributed by atoms with Crippen molar-refractivity contribution in [1.82, 2.24) is 5.32 Å². The van der Waals surface area contributed by atoms with Gasteiger partial charge in [-0.2, -0.15) is 0 Å². The lowest BCUT2D eigenvalue weighted by Crippen LogP contribution is -2.26. The summed E-state index contributed by atoms with van der Waals surface area (Å²) in [6.45, 7) is 4.52. The fourth-order valence-electron chi connectivity index (χ4n) is 3.49. The van der Waals surface area contributed by atoms with E-state index in [0.717, 1.165) is 12.1 Å². The molecule has 0 spiro atoms. The highest BCUT2D eigenvalue weighted by Crippen LogP contribution is 2.32. The number of fused-ring (bicyclic) bond motifs is 1. The molecule has 1 atom stereocenters. The molecule has 1 amide bonds. The van der Waals surface area contributed by atoms with Crippen LogP contribution in [0.2, 0.25) is 0 Å². The van der Waals surface area contributed by atoms with E-state index >= 15 is 0 Å². The van der Waals surface area contributed by atoms with Crippen LogP contribution < -0.4 is 10.6 Å². The minimum atomic E-state index is 0.134. The lowest BCUT2D eigenvalue weighted by Gasteiger charge is -2.28. The van der Waals surface area contributed by atoms with E-state index in [1.807, 2.05) is 0 Å². The Bertz CT molecular complexity index is 478. The number of amides is 1. The smallest absolute Gasteiger partial charge is 0.224 e. The maximum atomic E-state index is 11.5. The normalized spacial score (nSPS) is 15.7. The van der Waals surface area contributed by atoms with Crippen molar-refractivity contribution in [2.45, 2.75) is 58.4 Å². The summed E-state index contributed by atoms with van der Waals surface area (Å²) in [5.74, 6) is 0.816. The molecule has 0 aromatic heterocycles. The van der Waals surface area contributed by atoms with E-state index in [9.17, 15) is 4.79 Å². The number of nitrogens with one attached hydrogen (secondary N) is 2. The molecule has 1 unspecified atom stereocenters. The second-order valence-corrected chi connectivity index (χ2v) is 6.07. The zero-order valence-electron chi connectivity index (χ0n) is 13.5. The van der Waals surface area contributed by atoms with Crippen molar-refractivity contribution in [2.24, 2.45) is 5.92 Å². The largest absolute Gasteiger partial charge is 0.326 e. The predicted molar refractivity (Wildman–Crippen MR) is 88.5 cm³/mol. The quantitative estimate of drug-likeness (QED) is 0.794. The van der Waals surface area contributed by atoms with Gasteiger partial charge in [-0.1, -0.05) is 38.8 Å². The molecule has 1 aliphatic heterocycles. The number of anilines is 1. The summed E-state index contributed by atoms with van der Waals surface area (Å²) in [5, 5.41) is 6.48. The molecule has 0 fully saturated rings. The molecular formula is C18H28N2O. The lowest BCUT2D eigenvalue weighted by molar-refractivity contribution is -0.116. The van der Waals surface area contributed by atoms with Crippen LogP contribution in [-0.4, -0.2) is 13.0 Å². The van der Waals surface area contributed by atoms with Crippen molar-refractivity contribution in [2.75, 3.05) is 12.4 Å². The van der Waals surface area contributed by atoms with Gasteiger partial charge in [0.2, 0.25) is 5.91 Å². The second kappa shape index (κ2) is 7.60. The monoisotopic (exact) mass is 288 g/mol. The fourth-order valence-corrected chi connectivity index (χ4v) is 3.49. The summed E-state index contributed by atoms with van der Waals surface area (Å²) in [5.41, 5.74) is 3.63. The minimum Gasteiger partial charge on any atom is -0.326 e. The van der Waals surface area contributed by atoms with Gasteiger partial charge in [-0.3, -0.25) is 4.79 Å². The highest BCUT2D eigenvalue weighted by molar-refractivity contribution is 5.93. The number of carbonyl (C=O) groups excluding carboxylic acids is 1. The molecule has 0 radical (unpaired) electrons. The van der Waals surface area contributed by atoms with E-state index in [-0.39, 0.29) is 5.91 Å². The van der Waals surface area contributed by atoms with Crippen molar-refractivity contribution in [3.63, 3.8) is 0 Å². The van der Waals surface area contributed by atoms with Crippen molar-refractivity contribution in [3.05, 3.63) is 29.3 Å². The Hall–Kier alpha value is -1.35. The van der Waals surface area contributed by atoms with Gasteiger partial charge in [0, 0.05) is 18.2 Å². The Balaban J connectivity index is 2.23. The van der Waals surface area contributed by atoms with Gasteiger partial charge in [-0.05, 0) is 49.4 Å². The summed E-state index contributed by atoms with van der Waals surface area (Å²) < 4.78 is 0. The second-order valence-electron chi connectivity index (χ2n) is 6.07. The Morgan fingerprint density at radius 2 is 1.90 bits per heavy atom. The average molecular weight is 288 g/mol. The molecule has 1 aliphatic rings. The molecule has 1 aromatic rings. The van der Waals surface area contributed by atoms with Gasteiger partial charge >= 0.3 is 0 Å². The number of hydrogen-bond donors (Lipinski definition) is 2. The summed E-state index contributed by atoms with van der Waals surface area (Å²) in [6.07, 6.45) is 6.43. The van der Waals surface area contributed by atoms with E-state index in [2.05, 4.69) is 49.7 Å². The minimum absolute atomic E-state index is 0.134. The highest BCUT2D eigenvalue weighted by atomic mass is 16.1. The van der Waals surface area contributed by atoms with Crippen LogP contribution in [0.15, 0.2) is 18.2 Å². The maximum Gasteiger partial charge on any atom is 0.224 e. The molecule has 1 aromatic carbocycles. The third-order valence-electron chi connectivity index (χ3n) is 4.49. The fraction of sp³-hybridized carbons (Fsp3) is 0.611. The molecule has 0 saturated carbocycles. The molecule has 2 rings (SSSR count). The van der Waals surface area contributed by atoms with Crippen LogP contribution in [0.25, 0.3) is 0 Å². The number of hydrogen-bond acceptors (Lipinski definition) is 2. The van der Waals surface area contributed by atoms with Gasteiger partial charge < -0.3 is 10.6 Å². The zero-order valence-corrected chi connectivity index (χ0v) is 13.5. The van der Waals surface area contributed by atoms with Gasteiger partial charge in [0.25, 0.3) is 0 Å². The van der Waals surface area contributed by atoms with E-state index in [4.69, 9.17) is 0 Å². The molecule has 0 saturated heterocycles. The molecule has 0 bridgehead atoms. The molecule has 3 nitrogen and oxygen atoms in total. The van der Waals surface area contributed by atoms with Crippen LogP contribution in [-0.2, 0) is 11.2 Å². The van der Waals surface area contributed by atoms with Crippen LogP contribution in [0.3, 0.4) is 0 Å². The van der Waals surface area contributed by atoms with Crippen LogP contribution in [0, 0.1) is 5.92 Å². The molecular weight excluding hydrogens is 260 g/mol. The highest BCUT2D eigenvalue weighted by Gasteiger charge is 2.22. The maximum absolute atomic E-state index is 11.5. The molecule has 0 aliphatic carbocycles. The van der Waals surface area contributed by atoms with Crippen LogP contribution >= 0.6 is 0 Å². The first-order valence-electron chi connectivity index (χ1n) is 8.29. The standard InChI is InChI=1S/C18H28N2O/c1-4-6-13(7-5-2)18(19-3)15-8-10-16-14(12-15)9-11-17(21)20-16/h8,10,12-13,18-19H,4-7,9,11H2,1-3H3,(H,20,21). The van der Waals surface area contributed by atoms with E-state index in [1.54, 1.807) is 0 Å². The van der Waals surface area contributed by atoms with Crippen molar-refractivity contribution < 1.29 is 4.79 Å². The third kappa shape index (κ3) is 3.85. The summed E-state index contributed by atoms with van der Waals surface area (Å²) in [4.78, 5) is 11.5. The van der Waals surface area contributed by atoms with Gasteiger partial charge in [0.05, 0.1) is 0 Å². The third-order valence-corrected chi connectivity index (χ3v) is 4.49. The Labute approximate surface area is 128 Å². The molecule has 21 heavy (non-hydrogen) atoms. The summed E-state index contributed by atoms with van der Waals surface area (Å²) >= 11 is 0. The topological polar surface area (TPSA) is 41.1 Å². The first kappa shape index (κ1) is 16.0. The Kier molecular flexibility index (Phi) is 5.80. The van der Waals surface area contributed by atoms with Crippen LogP contribution in [0.1, 0.15) is 63.1 Å². The van der Waals surface area contributed by atoms with Crippen molar-refractivity contribution in [3.8, 4) is 0 Å². The van der Waals surface area contributed by atoms with Crippen LogP contribution in [0.5, 0.6) is 0 Å². The van der Waals surface area contributed by atoms with E-state index in [0.29, 0.717) is 18.4 Å². The number of rotatable bonds is 7. The molecule has 3 heteroatoms. The Morgan fingerprint density at radius 1 is 1.19 bits per heavy atom. The summed E-state index contributed by atoms with van der Waals surface area (Å²) in [7, 11) is 2.06. The van der Waals surface area contributed by atoms with Crippen molar-refractivity contribution in [1.29, 1.82) is 0 Å². The van der Waals surface area contributed by atoms with Crippen molar-refractivity contribution >= 4 is 11.6 Å². The lowest BCUT2D eigenvalue weighted by atomic mass is 9.85. The first-order chi connectivity index (χ1) is 10.2. The van der Waals surface area contributed by atoms with Gasteiger partial charge in [-0.25, -0.2) is 0 Å². The van der Waals surface area contributed by atoms with E-state index < -0.39 is 0 Å². The molecule has 2 N–H and O–H groups in total. The molecule has 116 valence electrons. The van der Waals surface area contributed by atoms with Gasteiger partial charge in [0.1, 0.15) is 0 Å². The Morgan fingerprint density at radius 3 is 2.52 bits per heavy atom. The van der Waals surface area contributed by atoms with Crippen LogP contribution in [0.4, 0.5) is 5.69 Å². The average Bonchev–Trinajstić information content (AvgIpc) is 2.48. The first-order valence-corrected chi connectivity index (χ1v) is 8.29. The number of benzene rings is 1. The SMILES string of the molecule is CCCC(CCC)C(NC)c1ccc2c(c1)CCC(=O)N2. The molecule has 1 heterocycles. The van der Waals surface area contributed by atoms with E-state index in [1.165, 1.54) is 36.8 Å².